The van der Waals surface area contributed by atoms with Gasteiger partial charge in [-0.05, 0) is 39.8 Å². The number of carbonyl (C=O) groups is 1. The predicted molar refractivity (Wildman–Crippen MR) is 116 cm³/mol. The lowest BCUT2D eigenvalue weighted by atomic mass is 10.1. The third-order valence-electron chi connectivity index (χ3n) is 5.25. The monoisotopic (exact) mass is 385 g/mol. The molecule has 0 saturated carbocycles. The highest BCUT2D eigenvalue weighted by Gasteiger charge is 2.21. The van der Waals surface area contributed by atoms with Gasteiger partial charge in [0.2, 0.25) is 0 Å². The molecule has 0 aliphatic rings. The molecule has 0 aromatic rings. The van der Waals surface area contributed by atoms with Crippen LogP contribution in [0.25, 0.3) is 0 Å². The van der Waals surface area contributed by atoms with Gasteiger partial charge in [-0.2, -0.15) is 0 Å². The van der Waals surface area contributed by atoms with E-state index in [2.05, 4.69) is 38.3 Å². The Morgan fingerprint density at radius 1 is 0.741 bits per heavy atom. The molecular weight excluding hydrogens is 338 g/mol. The van der Waals surface area contributed by atoms with Crippen LogP contribution in [-0.2, 0) is 4.79 Å². The Balaban J connectivity index is 4.05. The molecule has 0 rings (SSSR count). The molecule has 0 heterocycles. The second kappa shape index (κ2) is 18.7. The zero-order valence-electron chi connectivity index (χ0n) is 18.6. The van der Waals surface area contributed by atoms with Crippen LogP contribution in [0.3, 0.4) is 0 Å². The van der Waals surface area contributed by atoms with E-state index < -0.39 is 5.97 Å². The van der Waals surface area contributed by atoms with Crippen molar-refractivity contribution in [1.82, 2.24) is 15.5 Å². The van der Waals surface area contributed by atoms with Gasteiger partial charge in [-0.25, -0.2) is 0 Å². The van der Waals surface area contributed by atoms with Crippen molar-refractivity contribution in [3.8, 4) is 0 Å². The fourth-order valence-electron chi connectivity index (χ4n) is 3.43. The highest BCUT2D eigenvalue weighted by atomic mass is 16.4. The van der Waals surface area contributed by atoms with Crippen molar-refractivity contribution in [2.75, 3.05) is 19.6 Å². The molecule has 5 nitrogen and oxygen atoms in total. The Morgan fingerprint density at radius 2 is 1.11 bits per heavy atom. The number of nitrogens with zero attached hydrogens (tertiary/aromatic N) is 1. The molecule has 27 heavy (non-hydrogen) atoms. The van der Waals surface area contributed by atoms with Crippen LogP contribution in [0, 0.1) is 0 Å². The van der Waals surface area contributed by atoms with E-state index in [0.29, 0.717) is 0 Å². The van der Waals surface area contributed by atoms with Crippen molar-refractivity contribution < 1.29 is 9.90 Å². The molecule has 2 atom stereocenters. The lowest BCUT2D eigenvalue weighted by Crippen LogP contribution is -2.55. The van der Waals surface area contributed by atoms with Gasteiger partial charge in [-0.3, -0.25) is 9.69 Å². The number of hydrogen-bond donors (Lipinski definition) is 3. The minimum absolute atomic E-state index is 0.0591. The first-order valence-electron chi connectivity index (χ1n) is 11.5. The van der Waals surface area contributed by atoms with Gasteiger partial charge < -0.3 is 15.7 Å². The van der Waals surface area contributed by atoms with Crippen LogP contribution in [0.2, 0.25) is 0 Å². The van der Waals surface area contributed by atoms with Crippen molar-refractivity contribution in [2.45, 2.75) is 117 Å². The number of hydrogen-bond acceptors (Lipinski definition) is 4. The Morgan fingerprint density at radius 3 is 1.48 bits per heavy atom. The van der Waals surface area contributed by atoms with Crippen LogP contribution < -0.4 is 10.6 Å². The van der Waals surface area contributed by atoms with E-state index >= 15 is 0 Å². The Kier molecular flexibility index (Phi) is 18.3. The summed E-state index contributed by atoms with van der Waals surface area (Å²) in [4.78, 5) is 13.3. The zero-order valence-corrected chi connectivity index (χ0v) is 18.6. The summed E-state index contributed by atoms with van der Waals surface area (Å²) in [6.45, 7) is 10.6. The Hall–Kier alpha value is -0.650. The molecule has 0 fully saturated rings. The third kappa shape index (κ3) is 16.0. The second-order valence-electron chi connectivity index (χ2n) is 7.86. The van der Waals surface area contributed by atoms with Gasteiger partial charge >= 0.3 is 5.97 Å². The Labute approximate surface area is 168 Å². The third-order valence-corrected chi connectivity index (χ3v) is 5.25. The lowest BCUT2D eigenvalue weighted by Gasteiger charge is -2.34. The minimum atomic E-state index is -0.767. The molecule has 0 spiro atoms. The summed E-state index contributed by atoms with van der Waals surface area (Å²) in [5.74, 6) is -0.767. The van der Waals surface area contributed by atoms with E-state index in [1.165, 1.54) is 64.2 Å². The maximum absolute atomic E-state index is 11.3. The summed E-state index contributed by atoms with van der Waals surface area (Å²) < 4.78 is 0. The number of unbranched alkanes of at least 4 members (excludes halogenated alkanes) is 10. The quantitative estimate of drug-likeness (QED) is 0.204. The van der Waals surface area contributed by atoms with E-state index in [9.17, 15) is 9.90 Å². The van der Waals surface area contributed by atoms with Crippen LogP contribution in [0.4, 0.5) is 0 Å². The summed E-state index contributed by atoms with van der Waals surface area (Å²) in [6.07, 6.45) is 15.4. The van der Waals surface area contributed by atoms with Crippen LogP contribution in [-0.4, -0.2) is 47.9 Å². The second-order valence-corrected chi connectivity index (χ2v) is 7.86. The first kappa shape index (κ1) is 26.4. The highest BCUT2D eigenvalue weighted by Crippen LogP contribution is 2.07. The smallest absolute Gasteiger partial charge is 0.317 e. The number of rotatable bonds is 20. The maximum Gasteiger partial charge on any atom is 0.317 e. The predicted octanol–water partition coefficient (Wildman–Crippen LogP) is 4.97. The van der Waals surface area contributed by atoms with Gasteiger partial charge in [-0.15, -0.1) is 0 Å². The first-order chi connectivity index (χ1) is 13.0. The average molecular weight is 386 g/mol. The SMILES string of the molecule is CCCCCCCCNC(C)N(CC(=O)O)C(C)NCCCCCCCC. The molecule has 0 bridgehead atoms. The molecule has 2 unspecified atom stereocenters. The van der Waals surface area contributed by atoms with Crippen molar-refractivity contribution >= 4 is 5.97 Å². The van der Waals surface area contributed by atoms with E-state index in [0.717, 1.165) is 25.9 Å². The molecule has 3 N–H and O–H groups in total. The van der Waals surface area contributed by atoms with Gasteiger partial charge in [0.15, 0.2) is 0 Å². The fourth-order valence-corrected chi connectivity index (χ4v) is 3.43. The van der Waals surface area contributed by atoms with Gasteiger partial charge in [-0.1, -0.05) is 78.1 Å². The largest absolute Gasteiger partial charge is 0.480 e. The molecule has 162 valence electrons. The molecule has 5 heteroatoms. The molecule has 0 saturated heterocycles. The topological polar surface area (TPSA) is 64.6 Å². The average Bonchev–Trinajstić information content (AvgIpc) is 2.64. The van der Waals surface area contributed by atoms with Crippen LogP contribution in [0.15, 0.2) is 0 Å². The molecule has 0 amide bonds. The van der Waals surface area contributed by atoms with Crippen LogP contribution >= 0.6 is 0 Å². The number of carboxylic acids is 1. The molecule has 0 radical (unpaired) electrons. The lowest BCUT2D eigenvalue weighted by molar-refractivity contribution is -0.140. The summed E-state index contributed by atoms with van der Waals surface area (Å²) in [7, 11) is 0. The zero-order chi connectivity index (χ0) is 20.3. The highest BCUT2D eigenvalue weighted by molar-refractivity contribution is 5.69. The van der Waals surface area contributed by atoms with Crippen molar-refractivity contribution in [1.29, 1.82) is 0 Å². The van der Waals surface area contributed by atoms with Gasteiger partial charge in [0, 0.05) is 0 Å². The molecular formula is C22H47N3O2. The van der Waals surface area contributed by atoms with Crippen LogP contribution in [0.5, 0.6) is 0 Å². The summed E-state index contributed by atoms with van der Waals surface area (Å²) in [5.41, 5.74) is 0. The van der Waals surface area contributed by atoms with Gasteiger partial charge in [0.25, 0.3) is 0 Å². The van der Waals surface area contributed by atoms with E-state index in [1.54, 1.807) is 0 Å². The Bertz CT molecular complexity index is 316. The number of carboxylic acid groups (broad SMARTS) is 1. The van der Waals surface area contributed by atoms with Gasteiger partial charge in [0.05, 0.1) is 18.9 Å². The fraction of sp³-hybridized carbons (Fsp3) is 0.955. The molecule has 0 aromatic carbocycles. The van der Waals surface area contributed by atoms with Gasteiger partial charge in [0.1, 0.15) is 0 Å². The standard InChI is InChI=1S/C22H47N3O2/c1-5-7-9-11-13-15-17-23-20(3)25(19-22(26)27)21(4)24-18-16-14-12-10-8-6-2/h20-21,23-24H,5-19H2,1-4H3,(H,26,27). The van der Waals surface area contributed by atoms with Crippen molar-refractivity contribution in [3.63, 3.8) is 0 Å². The van der Waals surface area contributed by atoms with Crippen molar-refractivity contribution in [3.05, 3.63) is 0 Å². The van der Waals surface area contributed by atoms with E-state index in [1.807, 2.05) is 4.90 Å². The van der Waals surface area contributed by atoms with E-state index in [4.69, 9.17) is 0 Å². The molecule has 0 aliphatic carbocycles. The van der Waals surface area contributed by atoms with Crippen LogP contribution in [0.1, 0.15) is 105 Å². The minimum Gasteiger partial charge on any atom is -0.480 e. The molecule has 0 aliphatic heterocycles. The number of nitrogens with one attached hydrogen (secondary N) is 2. The van der Waals surface area contributed by atoms with Crippen molar-refractivity contribution in [2.24, 2.45) is 0 Å². The summed E-state index contributed by atoms with van der Waals surface area (Å²) >= 11 is 0. The maximum atomic E-state index is 11.3. The normalized spacial score (nSPS) is 13.8. The summed E-state index contributed by atoms with van der Waals surface area (Å²) in [5, 5.41) is 16.3. The first-order valence-corrected chi connectivity index (χ1v) is 11.5. The summed E-state index contributed by atoms with van der Waals surface area (Å²) in [6, 6.07) is 0. The van der Waals surface area contributed by atoms with E-state index in [-0.39, 0.29) is 18.9 Å². The number of aliphatic carboxylic acids is 1. The molecule has 0 aromatic heterocycles.